The van der Waals surface area contributed by atoms with E-state index in [1.807, 2.05) is 0 Å². The van der Waals surface area contributed by atoms with Crippen LogP contribution in [-0.2, 0) is 14.8 Å². The SMILES string of the molecule is CC1(C(=O)O)CCN(S(=O)(=O)C2CC2)C1. The molecule has 2 fully saturated rings. The highest BCUT2D eigenvalue weighted by atomic mass is 32.2. The van der Waals surface area contributed by atoms with E-state index in [-0.39, 0.29) is 11.8 Å². The van der Waals surface area contributed by atoms with Gasteiger partial charge in [-0.25, -0.2) is 12.7 Å². The van der Waals surface area contributed by atoms with E-state index in [9.17, 15) is 13.2 Å². The monoisotopic (exact) mass is 233 g/mol. The van der Waals surface area contributed by atoms with Crippen molar-refractivity contribution in [2.24, 2.45) is 5.41 Å². The van der Waals surface area contributed by atoms with Gasteiger partial charge in [0.2, 0.25) is 10.0 Å². The molecule has 0 bridgehead atoms. The summed E-state index contributed by atoms with van der Waals surface area (Å²) in [6.07, 6.45) is 1.86. The Morgan fingerprint density at radius 2 is 2.07 bits per heavy atom. The Bertz CT molecular complexity index is 387. The first-order valence-electron chi connectivity index (χ1n) is 5.09. The lowest BCUT2D eigenvalue weighted by Gasteiger charge is -2.19. The van der Waals surface area contributed by atoms with E-state index in [1.54, 1.807) is 6.92 Å². The number of carbonyl (C=O) groups is 1. The fraction of sp³-hybridized carbons (Fsp3) is 0.889. The number of carboxylic acids is 1. The maximum absolute atomic E-state index is 11.8. The molecule has 1 aliphatic heterocycles. The summed E-state index contributed by atoms with van der Waals surface area (Å²) < 4.78 is 25.0. The van der Waals surface area contributed by atoms with E-state index < -0.39 is 21.4 Å². The highest BCUT2D eigenvalue weighted by Gasteiger charge is 2.48. The minimum atomic E-state index is -3.20. The maximum Gasteiger partial charge on any atom is 0.310 e. The molecule has 1 saturated heterocycles. The molecule has 86 valence electrons. The largest absolute Gasteiger partial charge is 0.481 e. The Hall–Kier alpha value is -0.620. The Labute approximate surface area is 89.1 Å². The van der Waals surface area contributed by atoms with Crippen molar-refractivity contribution < 1.29 is 18.3 Å². The van der Waals surface area contributed by atoms with Crippen molar-refractivity contribution in [2.45, 2.75) is 31.4 Å². The molecule has 1 heterocycles. The predicted molar refractivity (Wildman–Crippen MR) is 53.9 cm³/mol. The van der Waals surface area contributed by atoms with Crippen LogP contribution in [0.3, 0.4) is 0 Å². The van der Waals surface area contributed by atoms with Gasteiger partial charge in [-0.1, -0.05) is 0 Å². The zero-order valence-corrected chi connectivity index (χ0v) is 9.46. The van der Waals surface area contributed by atoms with Crippen LogP contribution in [-0.4, -0.2) is 42.1 Å². The topological polar surface area (TPSA) is 74.7 Å². The molecule has 0 amide bonds. The quantitative estimate of drug-likeness (QED) is 0.759. The summed E-state index contributed by atoms with van der Waals surface area (Å²) in [4.78, 5) is 11.0. The average Bonchev–Trinajstić information content (AvgIpc) is 2.90. The van der Waals surface area contributed by atoms with Crippen LogP contribution in [0.15, 0.2) is 0 Å². The Balaban J connectivity index is 2.13. The molecule has 2 rings (SSSR count). The summed E-state index contributed by atoms with van der Waals surface area (Å²) in [5.41, 5.74) is -0.901. The first kappa shape index (κ1) is 10.9. The van der Waals surface area contributed by atoms with Crippen molar-refractivity contribution in [3.8, 4) is 0 Å². The van der Waals surface area contributed by atoms with E-state index in [4.69, 9.17) is 5.11 Å². The summed E-state index contributed by atoms with van der Waals surface area (Å²) in [5.74, 6) is -0.906. The Kier molecular flexibility index (Phi) is 2.31. The lowest BCUT2D eigenvalue weighted by Crippen LogP contribution is -2.36. The predicted octanol–water partition coefficient (Wildman–Crippen LogP) is 0.275. The van der Waals surface area contributed by atoms with Gasteiger partial charge in [-0.2, -0.15) is 0 Å². The van der Waals surface area contributed by atoms with Crippen LogP contribution in [0.4, 0.5) is 0 Å². The summed E-state index contributed by atoms with van der Waals surface area (Å²) in [7, 11) is -3.20. The molecule has 15 heavy (non-hydrogen) atoms. The van der Waals surface area contributed by atoms with Gasteiger partial charge in [0.05, 0.1) is 10.7 Å². The summed E-state index contributed by atoms with van der Waals surface area (Å²) >= 11 is 0. The van der Waals surface area contributed by atoms with Crippen molar-refractivity contribution in [3.63, 3.8) is 0 Å². The smallest absolute Gasteiger partial charge is 0.310 e. The molecule has 0 radical (unpaired) electrons. The van der Waals surface area contributed by atoms with E-state index in [0.29, 0.717) is 13.0 Å². The van der Waals surface area contributed by atoms with Crippen LogP contribution in [0, 0.1) is 5.41 Å². The van der Waals surface area contributed by atoms with Crippen LogP contribution >= 0.6 is 0 Å². The van der Waals surface area contributed by atoms with Gasteiger partial charge in [-0.15, -0.1) is 0 Å². The number of rotatable bonds is 3. The van der Waals surface area contributed by atoms with Crippen LogP contribution in [0.1, 0.15) is 26.2 Å². The molecule has 1 saturated carbocycles. The van der Waals surface area contributed by atoms with Gasteiger partial charge < -0.3 is 5.11 Å². The fourth-order valence-corrected chi connectivity index (χ4v) is 3.85. The number of aliphatic carboxylic acids is 1. The third-order valence-electron chi connectivity index (χ3n) is 3.26. The number of hydrogen-bond acceptors (Lipinski definition) is 3. The van der Waals surface area contributed by atoms with Gasteiger partial charge in [0.1, 0.15) is 0 Å². The van der Waals surface area contributed by atoms with Crippen LogP contribution < -0.4 is 0 Å². The summed E-state index contributed by atoms with van der Waals surface area (Å²) in [6, 6.07) is 0. The molecule has 1 unspecified atom stereocenters. The average molecular weight is 233 g/mol. The summed E-state index contributed by atoms with van der Waals surface area (Å²) in [6.45, 7) is 2.08. The third-order valence-corrected chi connectivity index (χ3v) is 5.61. The van der Waals surface area contributed by atoms with Crippen LogP contribution in [0.2, 0.25) is 0 Å². The van der Waals surface area contributed by atoms with Gasteiger partial charge in [0.25, 0.3) is 0 Å². The minimum absolute atomic E-state index is 0.126. The molecule has 5 nitrogen and oxygen atoms in total. The van der Waals surface area contributed by atoms with E-state index >= 15 is 0 Å². The normalized spacial score (nSPS) is 33.1. The zero-order chi connectivity index (χ0) is 11.3. The first-order chi connectivity index (χ1) is 6.86. The van der Waals surface area contributed by atoms with Gasteiger partial charge in [-0.3, -0.25) is 4.79 Å². The van der Waals surface area contributed by atoms with Gasteiger partial charge >= 0.3 is 5.97 Å². The molecule has 0 aromatic carbocycles. The van der Waals surface area contributed by atoms with Crippen molar-refractivity contribution in [1.29, 1.82) is 0 Å². The second-order valence-electron chi connectivity index (χ2n) is 4.69. The molecule has 1 N–H and O–H groups in total. The van der Waals surface area contributed by atoms with Crippen molar-refractivity contribution >= 4 is 16.0 Å². The molecule has 0 aromatic heterocycles. The van der Waals surface area contributed by atoms with E-state index in [1.165, 1.54) is 4.31 Å². The lowest BCUT2D eigenvalue weighted by molar-refractivity contribution is -0.146. The molecule has 6 heteroatoms. The molecule has 1 atom stereocenters. The lowest BCUT2D eigenvalue weighted by atomic mass is 9.90. The van der Waals surface area contributed by atoms with E-state index in [2.05, 4.69) is 0 Å². The van der Waals surface area contributed by atoms with Gasteiger partial charge in [0, 0.05) is 13.1 Å². The Morgan fingerprint density at radius 1 is 1.47 bits per heavy atom. The standard InChI is InChI=1S/C9H15NO4S/c1-9(8(11)12)4-5-10(6-9)15(13,14)7-2-3-7/h7H,2-6H2,1H3,(H,11,12). The Morgan fingerprint density at radius 3 is 2.47 bits per heavy atom. The number of hydrogen-bond donors (Lipinski definition) is 1. The molecule has 2 aliphatic rings. The van der Waals surface area contributed by atoms with Gasteiger partial charge in [0.15, 0.2) is 0 Å². The van der Waals surface area contributed by atoms with Crippen molar-refractivity contribution in [1.82, 2.24) is 4.31 Å². The minimum Gasteiger partial charge on any atom is -0.481 e. The number of carboxylic acid groups (broad SMARTS) is 1. The first-order valence-corrected chi connectivity index (χ1v) is 6.59. The highest BCUT2D eigenvalue weighted by molar-refractivity contribution is 7.90. The van der Waals surface area contributed by atoms with Crippen molar-refractivity contribution in [3.05, 3.63) is 0 Å². The second kappa shape index (κ2) is 3.18. The highest BCUT2D eigenvalue weighted by Crippen LogP contribution is 2.37. The molecule has 0 aromatic rings. The van der Waals surface area contributed by atoms with Crippen molar-refractivity contribution in [2.75, 3.05) is 13.1 Å². The fourth-order valence-electron chi connectivity index (χ4n) is 1.89. The second-order valence-corrected chi connectivity index (χ2v) is 6.91. The third kappa shape index (κ3) is 1.76. The molecule has 1 aliphatic carbocycles. The number of nitrogens with zero attached hydrogens (tertiary/aromatic N) is 1. The van der Waals surface area contributed by atoms with Crippen LogP contribution in [0.5, 0.6) is 0 Å². The molecular formula is C9H15NO4S. The van der Waals surface area contributed by atoms with Gasteiger partial charge in [-0.05, 0) is 26.2 Å². The van der Waals surface area contributed by atoms with E-state index in [0.717, 1.165) is 12.8 Å². The molecule has 0 spiro atoms. The number of sulfonamides is 1. The maximum atomic E-state index is 11.8. The molecular weight excluding hydrogens is 218 g/mol. The van der Waals surface area contributed by atoms with Crippen LogP contribution in [0.25, 0.3) is 0 Å². The zero-order valence-electron chi connectivity index (χ0n) is 8.64. The summed E-state index contributed by atoms with van der Waals surface area (Å²) in [5, 5.41) is 8.75.